The molecule has 2 rings (SSSR count). The molecule has 0 bridgehead atoms. The summed E-state index contributed by atoms with van der Waals surface area (Å²) >= 11 is 0. The molecule has 0 aliphatic carbocycles. The fourth-order valence-electron chi connectivity index (χ4n) is 2.88. The largest absolute Gasteiger partial charge is 0.507 e. The topological polar surface area (TPSA) is 73.1 Å². The fourth-order valence-corrected chi connectivity index (χ4v) is 2.88. The maximum Gasteiger partial charge on any atom is 0.438 e. The smallest absolute Gasteiger partial charge is 0.438 e. The van der Waals surface area contributed by atoms with Crippen molar-refractivity contribution in [3.63, 3.8) is 0 Å². The zero-order valence-corrected chi connectivity index (χ0v) is 15.3. The van der Waals surface area contributed by atoms with Crippen LogP contribution in [0.4, 0.5) is 13.2 Å². The molecule has 26 heavy (non-hydrogen) atoms. The van der Waals surface area contributed by atoms with Crippen molar-refractivity contribution in [2.75, 3.05) is 0 Å². The van der Waals surface area contributed by atoms with E-state index in [1.807, 2.05) is 13.8 Å². The third kappa shape index (κ3) is 3.30. The third-order valence-corrected chi connectivity index (χ3v) is 4.45. The number of carbonyl (C=O) groups is 1. The summed E-state index contributed by atoms with van der Waals surface area (Å²) in [7, 11) is 0. The zero-order chi connectivity index (χ0) is 20.0. The summed E-state index contributed by atoms with van der Waals surface area (Å²) in [6.07, 6.45) is -5.92. The van der Waals surface area contributed by atoms with E-state index in [0.29, 0.717) is 11.1 Å². The van der Waals surface area contributed by atoms with Gasteiger partial charge in [-0.2, -0.15) is 23.3 Å². The van der Waals surface area contributed by atoms with Gasteiger partial charge >= 0.3 is 6.18 Å². The predicted molar refractivity (Wildman–Crippen MR) is 91.2 cm³/mol. The van der Waals surface area contributed by atoms with Crippen molar-refractivity contribution in [2.45, 2.75) is 64.8 Å². The molecule has 144 valence electrons. The van der Waals surface area contributed by atoms with E-state index in [4.69, 9.17) is 0 Å². The van der Waals surface area contributed by atoms with E-state index in [9.17, 15) is 28.2 Å². The lowest BCUT2D eigenvalue weighted by Crippen LogP contribution is -2.56. The van der Waals surface area contributed by atoms with Gasteiger partial charge in [0.25, 0.3) is 11.6 Å². The number of phenolic OH excluding ortho intramolecular Hbond substituents is 1. The van der Waals surface area contributed by atoms with Crippen LogP contribution in [0.15, 0.2) is 17.2 Å². The lowest BCUT2D eigenvalue weighted by Gasteiger charge is -2.33. The number of nitrogens with zero attached hydrogens (tertiary/aromatic N) is 2. The van der Waals surface area contributed by atoms with Crippen LogP contribution in [-0.2, 0) is 0 Å². The van der Waals surface area contributed by atoms with Gasteiger partial charge in [-0.3, -0.25) is 4.79 Å². The number of rotatable bonds is 3. The summed E-state index contributed by atoms with van der Waals surface area (Å²) in [4.78, 5) is 12.8. The maximum absolute atomic E-state index is 13.4. The Morgan fingerprint density at radius 1 is 1.23 bits per heavy atom. The Hall–Kier alpha value is -2.09. The average Bonchev–Trinajstić information content (AvgIpc) is 2.82. The molecule has 0 saturated carbocycles. The third-order valence-electron chi connectivity index (χ3n) is 4.45. The highest BCUT2D eigenvalue weighted by molar-refractivity contribution is 6.00. The number of hydrogen-bond acceptors (Lipinski definition) is 4. The van der Waals surface area contributed by atoms with Crippen molar-refractivity contribution < 1.29 is 28.2 Å². The van der Waals surface area contributed by atoms with Gasteiger partial charge in [0, 0.05) is 12.1 Å². The molecule has 8 heteroatoms. The number of aromatic hydroxyl groups is 1. The molecule has 1 amide bonds. The van der Waals surface area contributed by atoms with Gasteiger partial charge in [-0.25, -0.2) is 0 Å². The lowest BCUT2D eigenvalue weighted by atomic mass is 9.91. The normalized spacial score (nSPS) is 20.9. The highest BCUT2D eigenvalue weighted by Crippen LogP contribution is 2.42. The minimum Gasteiger partial charge on any atom is -0.507 e. The van der Waals surface area contributed by atoms with E-state index in [2.05, 4.69) is 5.10 Å². The van der Waals surface area contributed by atoms with Gasteiger partial charge in [0.05, 0.1) is 5.56 Å². The second-order valence-electron chi connectivity index (χ2n) is 7.26. The molecule has 1 atom stereocenters. The first kappa shape index (κ1) is 20.2. The van der Waals surface area contributed by atoms with E-state index in [0.717, 1.165) is 0 Å². The standard InChI is InChI=1S/C18H23F3N2O3/c1-9(2)12-6-13(10(3)4)15(24)14(7-12)16(25)23-17(26,18(19,20)21)8-11(5)22-23/h6-7,9-10,24,26H,8H2,1-5H3. The molecule has 1 aromatic carbocycles. The monoisotopic (exact) mass is 372 g/mol. The van der Waals surface area contributed by atoms with Crippen molar-refractivity contribution in [2.24, 2.45) is 5.10 Å². The van der Waals surface area contributed by atoms with Crippen LogP contribution in [0.3, 0.4) is 0 Å². The fraction of sp³-hybridized carbons (Fsp3) is 0.556. The van der Waals surface area contributed by atoms with Crippen molar-refractivity contribution in [3.8, 4) is 5.75 Å². The van der Waals surface area contributed by atoms with Gasteiger partial charge in [-0.1, -0.05) is 33.8 Å². The van der Waals surface area contributed by atoms with Gasteiger partial charge < -0.3 is 10.2 Å². The average molecular weight is 372 g/mol. The summed E-state index contributed by atoms with van der Waals surface area (Å²) in [6.45, 7) is 8.65. The summed E-state index contributed by atoms with van der Waals surface area (Å²) in [6, 6.07) is 3.09. The second kappa shape index (κ2) is 6.57. The van der Waals surface area contributed by atoms with Gasteiger partial charge in [-0.05, 0) is 36.0 Å². The molecular formula is C18H23F3N2O3. The van der Waals surface area contributed by atoms with Crippen LogP contribution < -0.4 is 0 Å². The Labute approximate surface area is 150 Å². The van der Waals surface area contributed by atoms with Crippen molar-refractivity contribution in [3.05, 3.63) is 28.8 Å². The van der Waals surface area contributed by atoms with Crippen molar-refractivity contribution in [1.82, 2.24) is 5.01 Å². The van der Waals surface area contributed by atoms with E-state index in [1.54, 1.807) is 19.9 Å². The first-order valence-corrected chi connectivity index (χ1v) is 8.34. The number of phenols is 1. The first-order chi connectivity index (χ1) is 11.8. The number of benzene rings is 1. The highest BCUT2D eigenvalue weighted by atomic mass is 19.4. The van der Waals surface area contributed by atoms with E-state index in [-0.39, 0.29) is 28.1 Å². The van der Waals surface area contributed by atoms with Gasteiger partial charge in [0.1, 0.15) is 5.75 Å². The lowest BCUT2D eigenvalue weighted by molar-refractivity contribution is -0.297. The SMILES string of the molecule is CC1=NN(C(=O)c2cc(C(C)C)cc(C(C)C)c2O)C(O)(C(F)(F)F)C1. The molecule has 1 aromatic rings. The molecule has 0 fully saturated rings. The first-order valence-electron chi connectivity index (χ1n) is 8.34. The van der Waals surface area contributed by atoms with Crippen LogP contribution in [0, 0.1) is 0 Å². The van der Waals surface area contributed by atoms with E-state index >= 15 is 0 Å². The van der Waals surface area contributed by atoms with E-state index < -0.39 is 30.0 Å². The van der Waals surface area contributed by atoms with Crippen molar-refractivity contribution in [1.29, 1.82) is 0 Å². The molecular weight excluding hydrogens is 349 g/mol. The quantitative estimate of drug-likeness (QED) is 0.839. The Bertz CT molecular complexity index is 757. The van der Waals surface area contributed by atoms with Crippen LogP contribution in [-0.4, -0.2) is 38.7 Å². The number of amides is 1. The van der Waals surface area contributed by atoms with Crippen LogP contribution in [0.25, 0.3) is 0 Å². The number of alkyl halides is 3. The molecule has 5 nitrogen and oxygen atoms in total. The number of aliphatic hydroxyl groups is 1. The number of hydrazone groups is 1. The van der Waals surface area contributed by atoms with Crippen LogP contribution in [0.5, 0.6) is 5.75 Å². The molecule has 0 saturated heterocycles. The molecule has 1 heterocycles. The molecule has 0 aromatic heterocycles. The van der Waals surface area contributed by atoms with Crippen molar-refractivity contribution >= 4 is 11.6 Å². The summed E-state index contributed by atoms with van der Waals surface area (Å²) in [5.74, 6) is -1.74. The summed E-state index contributed by atoms with van der Waals surface area (Å²) < 4.78 is 40.1. The Morgan fingerprint density at radius 2 is 1.81 bits per heavy atom. The van der Waals surface area contributed by atoms with E-state index in [1.165, 1.54) is 13.0 Å². The second-order valence-corrected chi connectivity index (χ2v) is 7.26. The molecule has 0 radical (unpaired) electrons. The Morgan fingerprint density at radius 3 is 2.27 bits per heavy atom. The Balaban J connectivity index is 2.62. The van der Waals surface area contributed by atoms with Crippen LogP contribution in [0.1, 0.15) is 74.4 Å². The number of carbonyl (C=O) groups excluding carboxylic acids is 1. The number of halogens is 3. The molecule has 1 aliphatic rings. The van der Waals surface area contributed by atoms with Crippen LogP contribution >= 0.6 is 0 Å². The molecule has 1 aliphatic heterocycles. The molecule has 0 spiro atoms. The van der Waals surface area contributed by atoms with Gasteiger partial charge in [-0.15, -0.1) is 0 Å². The van der Waals surface area contributed by atoms with Gasteiger partial charge in [0.15, 0.2) is 0 Å². The number of hydrogen-bond donors (Lipinski definition) is 2. The Kier molecular flexibility index (Phi) is 5.11. The molecule has 2 N–H and O–H groups in total. The zero-order valence-electron chi connectivity index (χ0n) is 15.3. The summed E-state index contributed by atoms with van der Waals surface area (Å²) in [5.41, 5.74) is -2.60. The molecule has 1 unspecified atom stereocenters. The predicted octanol–water partition coefficient (Wildman–Crippen LogP) is 4.11. The van der Waals surface area contributed by atoms with Crippen LogP contribution in [0.2, 0.25) is 0 Å². The summed E-state index contributed by atoms with van der Waals surface area (Å²) in [5, 5.41) is 24.2. The highest BCUT2D eigenvalue weighted by Gasteiger charge is 2.63. The maximum atomic E-state index is 13.4. The minimum atomic E-state index is -5.09. The van der Waals surface area contributed by atoms with Gasteiger partial charge in [0.2, 0.25) is 0 Å². The minimum absolute atomic E-state index is 0.00929.